The number of aromatic carboxylic acids is 1. The number of sulfone groups is 1. The molecule has 0 heterocycles. The van der Waals surface area contributed by atoms with Crippen molar-refractivity contribution in [3.63, 3.8) is 0 Å². The Bertz CT molecular complexity index is 579. The first-order valence-electron chi connectivity index (χ1n) is 7.08. The molecule has 1 aromatic carbocycles. The minimum Gasteiger partial charge on any atom is -0.478 e. The van der Waals surface area contributed by atoms with Gasteiger partial charge in [0.05, 0.1) is 16.2 Å². The molecule has 0 aromatic heterocycles. The van der Waals surface area contributed by atoms with Crippen molar-refractivity contribution in [3.05, 3.63) is 29.8 Å². The van der Waals surface area contributed by atoms with E-state index >= 15 is 0 Å². The number of hydrogen-bond acceptors (Lipinski definition) is 4. The van der Waals surface area contributed by atoms with Crippen LogP contribution in [0, 0.1) is 0 Å². The number of benzene rings is 1. The van der Waals surface area contributed by atoms with E-state index in [2.05, 4.69) is 13.8 Å². The molecule has 6 heteroatoms. The van der Waals surface area contributed by atoms with Crippen molar-refractivity contribution in [2.75, 3.05) is 19.3 Å². The van der Waals surface area contributed by atoms with Gasteiger partial charge in [-0.1, -0.05) is 19.9 Å². The third-order valence-corrected chi connectivity index (χ3v) is 5.41. The van der Waals surface area contributed by atoms with Crippen molar-refractivity contribution in [3.8, 4) is 0 Å². The van der Waals surface area contributed by atoms with Gasteiger partial charge in [0.1, 0.15) is 0 Å². The number of nitrogens with zero attached hydrogens (tertiary/aromatic N) is 1. The third-order valence-electron chi connectivity index (χ3n) is 3.72. The summed E-state index contributed by atoms with van der Waals surface area (Å²) in [5.41, 5.74) is -0.00979. The summed E-state index contributed by atoms with van der Waals surface area (Å²) in [4.78, 5) is 13.0. The molecule has 0 aliphatic carbocycles. The van der Waals surface area contributed by atoms with E-state index in [0.717, 1.165) is 12.8 Å². The van der Waals surface area contributed by atoms with Gasteiger partial charge in [-0.05, 0) is 38.1 Å². The number of carboxylic acid groups (broad SMARTS) is 1. The van der Waals surface area contributed by atoms with Crippen LogP contribution in [0.25, 0.3) is 0 Å². The van der Waals surface area contributed by atoms with E-state index in [4.69, 9.17) is 5.11 Å². The maximum absolute atomic E-state index is 12.3. The summed E-state index contributed by atoms with van der Waals surface area (Å²) in [6.07, 6.45) is 1.95. The molecule has 0 aliphatic heterocycles. The second kappa shape index (κ2) is 7.56. The first-order chi connectivity index (χ1) is 9.81. The molecule has 0 fully saturated rings. The van der Waals surface area contributed by atoms with Gasteiger partial charge in [-0.25, -0.2) is 13.2 Å². The molecule has 0 saturated carbocycles. The fourth-order valence-electron chi connectivity index (χ4n) is 2.30. The Morgan fingerprint density at radius 3 is 2.43 bits per heavy atom. The van der Waals surface area contributed by atoms with Gasteiger partial charge >= 0.3 is 5.97 Å². The Hall–Kier alpha value is -1.40. The van der Waals surface area contributed by atoms with Crippen LogP contribution >= 0.6 is 0 Å². The Balaban J connectivity index is 2.82. The Kier molecular flexibility index (Phi) is 6.36. The molecular weight excluding hydrogens is 290 g/mol. The molecule has 1 N–H and O–H groups in total. The molecular formula is C15H23NO4S. The SMILES string of the molecule is CCC(CC)N(C)CCS(=O)(=O)c1cccc(C(=O)O)c1. The third kappa shape index (κ3) is 4.82. The number of carboxylic acids is 1. The molecule has 0 spiro atoms. The molecule has 1 rings (SSSR count). The number of hydrogen-bond donors (Lipinski definition) is 1. The molecule has 1 aromatic rings. The van der Waals surface area contributed by atoms with E-state index in [9.17, 15) is 13.2 Å². The second-order valence-corrected chi connectivity index (χ2v) is 7.21. The van der Waals surface area contributed by atoms with Crippen LogP contribution in [0.3, 0.4) is 0 Å². The van der Waals surface area contributed by atoms with Crippen LogP contribution < -0.4 is 0 Å². The highest BCUT2D eigenvalue weighted by Crippen LogP contribution is 2.15. The zero-order valence-corrected chi connectivity index (χ0v) is 13.6. The molecule has 0 atom stereocenters. The summed E-state index contributed by atoms with van der Waals surface area (Å²) in [7, 11) is -1.55. The lowest BCUT2D eigenvalue weighted by molar-refractivity contribution is 0.0696. The summed E-state index contributed by atoms with van der Waals surface area (Å²) < 4.78 is 24.6. The topological polar surface area (TPSA) is 74.7 Å². The smallest absolute Gasteiger partial charge is 0.335 e. The second-order valence-electron chi connectivity index (χ2n) is 5.10. The molecule has 21 heavy (non-hydrogen) atoms. The Morgan fingerprint density at radius 2 is 1.90 bits per heavy atom. The fraction of sp³-hybridized carbons (Fsp3) is 0.533. The minimum absolute atomic E-state index is 0.00979. The highest BCUT2D eigenvalue weighted by Gasteiger charge is 2.19. The van der Waals surface area contributed by atoms with E-state index in [0.29, 0.717) is 12.6 Å². The summed E-state index contributed by atoms with van der Waals surface area (Å²) in [6, 6.07) is 5.87. The average molecular weight is 313 g/mol. The molecule has 0 bridgehead atoms. The summed E-state index contributed by atoms with van der Waals surface area (Å²) >= 11 is 0. The number of carbonyl (C=O) groups is 1. The highest BCUT2D eigenvalue weighted by molar-refractivity contribution is 7.91. The molecule has 0 saturated heterocycles. The van der Waals surface area contributed by atoms with Crippen LogP contribution in [0.15, 0.2) is 29.2 Å². The zero-order chi connectivity index (χ0) is 16.0. The van der Waals surface area contributed by atoms with Gasteiger partial charge < -0.3 is 10.0 Å². The zero-order valence-electron chi connectivity index (χ0n) is 12.7. The maximum Gasteiger partial charge on any atom is 0.335 e. The molecule has 5 nitrogen and oxygen atoms in total. The normalized spacial score (nSPS) is 12.0. The first-order valence-corrected chi connectivity index (χ1v) is 8.73. The molecule has 0 radical (unpaired) electrons. The van der Waals surface area contributed by atoms with Gasteiger partial charge in [0.15, 0.2) is 9.84 Å². The predicted molar refractivity (Wildman–Crippen MR) is 82.5 cm³/mol. The Labute approximate surface area is 126 Å². The van der Waals surface area contributed by atoms with Gasteiger partial charge in [0, 0.05) is 12.6 Å². The molecule has 0 unspecified atom stereocenters. The number of rotatable bonds is 8. The van der Waals surface area contributed by atoms with Crippen LogP contribution in [0.4, 0.5) is 0 Å². The van der Waals surface area contributed by atoms with Crippen molar-refractivity contribution < 1.29 is 18.3 Å². The van der Waals surface area contributed by atoms with Crippen molar-refractivity contribution >= 4 is 15.8 Å². The monoisotopic (exact) mass is 313 g/mol. The van der Waals surface area contributed by atoms with Crippen LogP contribution in [-0.4, -0.2) is 49.8 Å². The first kappa shape index (κ1) is 17.7. The lowest BCUT2D eigenvalue weighted by Gasteiger charge is -2.25. The molecule has 118 valence electrons. The largest absolute Gasteiger partial charge is 0.478 e. The van der Waals surface area contributed by atoms with E-state index in [-0.39, 0.29) is 16.2 Å². The van der Waals surface area contributed by atoms with E-state index in [1.54, 1.807) is 0 Å². The van der Waals surface area contributed by atoms with Crippen molar-refractivity contribution in [1.29, 1.82) is 0 Å². The van der Waals surface area contributed by atoms with E-state index in [1.165, 1.54) is 24.3 Å². The van der Waals surface area contributed by atoms with E-state index in [1.807, 2.05) is 11.9 Å². The molecule has 0 amide bonds. The highest BCUT2D eigenvalue weighted by atomic mass is 32.2. The summed E-state index contributed by atoms with van der Waals surface area (Å²) in [5.74, 6) is -1.13. The van der Waals surface area contributed by atoms with E-state index < -0.39 is 15.8 Å². The molecule has 0 aliphatic rings. The average Bonchev–Trinajstić information content (AvgIpc) is 2.46. The Morgan fingerprint density at radius 1 is 1.29 bits per heavy atom. The lowest BCUT2D eigenvalue weighted by atomic mass is 10.1. The van der Waals surface area contributed by atoms with Crippen molar-refractivity contribution in [2.45, 2.75) is 37.6 Å². The predicted octanol–water partition coefficient (Wildman–Crippen LogP) is 2.28. The standard InChI is InChI=1S/C15H23NO4S/c1-4-13(5-2)16(3)9-10-21(19,20)14-8-6-7-12(11-14)15(17)18/h6-8,11,13H,4-5,9-10H2,1-3H3,(H,17,18). The minimum atomic E-state index is -3.47. The quantitative estimate of drug-likeness (QED) is 0.797. The van der Waals surface area contributed by atoms with Crippen LogP contribution in [0.5, 0.6) is 0 Å². The van der Waals surface area contributed by atoms with Crippen molar-refractivity contribution in [2.24, 2.45) is 0 Å². The van der Waals surface area contributed by atoms with Crippen LogP contribution in [0.1, 0.15) is 37.0 Å². The maximum atomic E-state index is 12.3. The van der Waals surface area contributed by atoms with Gasteiger partial charge in [0.25, 0.3) is 0 Å². The van der Waals surface area contributed by atoms with Crippen LogP contribution in [0.2, 0.25) is 0 Å². The van der Waals surface area contributed by atoms with Crippen LogP contribution in [-0.2, 0) is 9.84 Å². The van der Waals surface area contributed by atoms with Gasteiger partial charge in [-0.15, -0.1) is 0 Å². The van der Waals surface area contributed by atoms with Gasteiger partial charge in [0.2, 0.25) is 0 Å². The fourth-order valence-corrected chi connectivity index (χ4v) is 3.66. The van der Waals surface area contributed by atoms with Gasteiger partial charge in [-0.3, -0.25) is 0 Å². The lowest BCUT2D eigenvalue weighted by Crippen LogP contribution is -2.34. The summed E-state index contributed by atoms with van der Waals surface area (Å²) in [5, 5.41) is 8.93. The van der Waals surface area contributed by atoms with Gasteiger partial charge in [-0.2, -0.15) is 0 Å². The van der Waals surface area contributed by atoms with Crippen molar-refractivity contribution in [1.82, 2.24) is 4.90 Å². The summed E-state index contributed by atoms with van der Waals surface area (Å²) in [6.45, 7) is 4.59.